The van der Waals surface area contributed by atoms with E-state index in [2.05, 4.69) is 6.92 Å². The molecule has 0 spiro atoms. The lowest BCUT2D eigenvalue weighted by Gasteiger charge is -2.44. The van der Waals surface area contributed by atoms with Crippen molar-refractivity contribution in [2.75, 3.05) is 16.3 Å². The first kappa shape index (κ1) is 27.4. The van der Waals surface area contributed by atoms with Crippen LogP contribution in [-0.2, 0) is 9.59 Å². The number of amides is 4. The van der Waals surface area contributed by atoms with Crippen molar-refractivity contribution in [1.82, 2.24) is 4.90 Å². The third-order valence-corrected chi connectivity index (χ3v) is 8.34. The predicted molar refractivity (Wildman–Crippen MR) is 164 cm³/mol. The van der Waals surface area contributed by atoms with Crippen LogP contribution >= 0.6 is 0 Å². The average Bonchev–Trinajstić information content (AvgIpc) is 3.01. The fourth-order valence-electron chi connectivity index (χ4n) is 6.38. The lowest BCUT2D eigenvalue weighted by Crippen LogP contribution is -2.51. The third kappa shape index (κ3) is 4.65. The Morgan fingerprint density at radius 2 is 1.48 bits per heavy atom. The van der Waals surface area contributed by atoms with Gasteiger partial charge in [0.15, 0.2) is 0 Å². The Bertz CT molecular complexity index is 1650. The Balaban J connectivity index is 1.38. The number of anilines is 2. The second kappa shape index (κ2) is 11.2. The second-order valence-electron chi connectivity index (χ2n) is 11.0. The zero-order valence-electron chi connectivity index (χ0n) is 23.8. The summed E-state index contributed by atoms with van der Waals surface area (Å²) in [5, 5.41) is 1.44. The Kier molecular flexibility index (Phi) is 7.33. The number of carbonyl (C=O) groups excluding carboxylic acids is 4. The summed E-state index contributed by atoms with van der Waals surface area (Å²) in [6.45, 7) is 3.68. The minimum Gasteiger partial charge on any atom is -0.309 e. The summed E-state index contributed by atoms with van der Waals surface area (Å²) in [4.78, 5) is 59.5. The van der Waals surface area contributed by atoms with Crippen molar-refractivity contribution < 1.29 is 19.2 Å². The quantitative estimate of drug-likeness (QED) is 0.241. The number of unbranched alkanes of at least 4 members (excludes halogenated alkanes) is 1. The summed E-state index contributed by atoms with van der Waals surface area (Å²) in [5.74, 6) is -1.25. The Hall–Kier alpha value is -4.78. The SMILES string of the molecule is CCCCC(=O)N1c2ccccc2[C@H](N(C(=O)CN2C(=O)c3cccc4cccc(c34)C2=O)c2ccccc2)C[C@@H]1C. The minimum absolute atomic E-state index is 0.0742. The minimum atomic E-state index is -0.476. The highest BCUT2D eigenvalue weighted by Crippen LogP contribution is 2.43. The van der Waals surface area contributed by atoms with Gasteiger partial charge in [0, 0.05) is 40.4 Å². The fraction of sp³-hybridized carbons (Fsp3) is 0.257. The van der Waals surface area contributed by atoms with E-state index in [4.69, 9.17) is 0 Å². The van der Waals surface area contributed by atoms with E-state index in [1.54, 1.807) is 29.2 Å². The zero-order chi connectivity index (χ0) is 29.4. The number of imide groups is 1. The zero-order valence-corrected chi connectivity index (χ0v) is 23.8. The van der Waals surface area contributed by atoms with E-state index in [0.717, 1.165) is 34.4 Å². The van der Waals surface area contributed by atoms with Crippen molar-refractivity contribution in [1.29, 1.82) is 0 Å². The fourth-order valence-corrected chi connectivity index (χ4v) is 6.38. The number of carbonyl (C=O) groups is 4. The molecule has 2 aliphatic heterocycles. The van der Waals surface area contributed by atoms with Crippen molar-refractivity contribution in [3.63, 3.8) is 0 Å². The van der Waals surface area contributed by atoms with Gasteiger partial charge in [-0.3, -0.25) is 24.1 Å². The molecule has 6 rings (SSSR count). The summed E-state index contributed by atoms with van der Waals surface area (Å²) in [5.41, 5.74) is 3.16. The average molecular weight is 560 g/mol. The van der Waals surface area contributed by atoms with Gasteiger partial charge in [-0.2, -0.15) is 0 Å². The van der Waals surface area contributed by atoms with Gasteiger partial charge < -0.3 is 9.80 Å². The van der Waals surface area contributed by atoms with Crippen LogP contribution in [0.4, 0.5) is 11.4 Å². The lowest BCUT2D eigenvalue weighted by molar-refractivity contribution is -0.119. The molecule has 7 heteroatoms. The van der Waals surface area contributed by atoms with Gasteiger partial charge in [0.2, 0.25) is 11.8 Å². The van der Waals surface area contributed by atoms with Crippen molar-refractivity contribution in [3.05, 3.63) is 108 Å². The van der Waals surface area contributed by atoms with Crippen LogP contribution in [0.25, 0.3) is 10.8 Å². The van der Waals surface area contributed by atoms with E-state index in [0.29, 0.717) is 35.0 Å². The Morgan fingerprint density at radius 3 is 2.14 bits per heavy atom. The number of para-hydroxylation sites is 2. The number of hydrogen-bond acceptors (Lipinski definition) is 4. The summed E-state index contributed by atoms with van der Waals surface area (Å²) in [7, 11) is 0. The number of nitrogens with zero attached hydrogens (tertiary/aromatic N) is 3. The van der Waals surface area contributed by atoms with E-state index in [1.165, 1.54) is 0 Å². The Labute approximate surface area is 245 Å². The van der Waals surface area contributed by atoms with Crippen molar-refractivity contribution in [2.45, 2.75) is 51.6 Å². The highest BCUT2D eigenvalue weighted by molar-refractivity contribution is 6.26. The largest absolute Gasteiger partial charge is 0.309 e. The topological polar surface area (TPSA) is 78.0 Å². The number of hydrogen-bond donors (Lipinski definition) is 0. The molecule has 42 heavy (non-hydrogen) atoms. The lowest BCUT2D eigenvalue weighted by atomic mass is 9.89. The molecular formula is C35H33N3O4. The van der Waals surface area contributed by atoms with Crippen molar-refractivity contribution >= 4 is 45.8 Å². The van der Waals surface area contributed by atoms with Gasteiger partial charge in [-0.1, -0.05) is 74.0 Å². The van der Waals surface area contributed by atoms with Gasteiger partial charge in [-0.15, -0.1) is 0 Å². The summed E-state index contributed by atoms with van der Waals surface area (Å²) in [6, 6.07) is 27.2. The maximum Gasteiger partial charge on any atom is 0.261 e. The van der Waals surface area contributed by atoms with Crippen LogP contribution in [0, 0.1) is 0 Å². The molecule has 0 unspecified atom stereocenters. The second-order valence-corrected chi connectivity index (χ2v) is 11.0. The van der Waals surface area contributed by atoms with E-state index >= 15 is 0 Å². The van der Waals surface area contributed by atoms with Gasteiger partial charge in [0.25, 0.3) is 11.8 Å². The first-order valence-corrected chi connectivity index (χ1v) is 14.6. The number of benzene rings is 4. The van der Waals surface area contributed by atoms with Gasteiger partial charge in [-0.05, 0) is 61.0 Å². The van der Waals surface area contributed by atoms with Crippen LogP contribution < -0.4 is 9.80 Å². The molecule has 2 atom stereocenters. The molecule has 7 nitrogen and oxygen atoms in total. The van der Waals surface area contributed by atoms with E-state index in [1.807, 2.05) is 78.6 Å². The summed E-state index contributed by atoms with van der Waals surface area (Å²) in [6.07, 6.45) is 2.73. The molecule has 0 saturated carbocycles. The molecule has 0 radical (unpaired) electrons. The molecule has 0 saturated heterocycles. The highest BCUT2D eigenvalue weighted by atomic mass is 16.2. The molecule has 0 fully saturated rings. The molecule has 2 aliphatic rings. The molecule has 4 aromatic rings. The highest BCUT2D eigenvalue weighted by Gasteiger charge is 2.40. The monoisotopic (exact) mass is 559 g/mol. The van der Waals surface area contributed by atoms with Crippen molar-refractivity contribution in [2.24, 2.45) is 0 Å². The van der Waals surface area contributed by atoms with Crippen LogP contribution in [0.5, 0.6) is 0 Å². The van der Waals surface area contributed by atoms with Crippen LogP contribution in [0.2, 0.25) is 0 Å². The standard InChI is InChI=1S/C35H33N3O4/c1-3-4-20-31(39)37-23(2)21-30(26-16-8-9-19-29(26)37)38(25-14-6-5-7-15-25)32(40)22-36-34(41)27-17-10-12-24-13-11-18-28(33(24)27)35(36)42/h5-19,23,30H,3-4,20-22H2,1-2H3/t23-,30+/m0/s1. The molecule has 0 bridgehead atoms. The molecule has 0 N–H and O–H groups in total. The Morgan fingerprint density at radius 1 is 0.833 bits per heavy atom. The third-order valence-electron chi connectivity index (χ3n) is 8.34. The molecular weight excluding hydrogens is 526 g/mol. The summed E-state index contributed by atoms with van der Waals surface area (Å²) >= 11 is 0. The molecule has 4 amide bonds. The summed E-state index contributed by atoms with van der Waals surface area (Å²) < 4.78 is 0. The maximum absolute atomic E-state index is 14.3. The normalized spacial score (nSPS) is 17.8. The van der Waals surface area contributed by atoms with E-state index in [9.17, 15) is 19.2 Å². The van der Waals surface area contributed by atoms with Gasteiger partial charge in [0.1, 0.15) is 6.54 Å². The van der Waals surface area contributed by atoms with Crippen LogP contribution in [-0.4, -0.2) is 41.1 Å². The molecule has 0 aliphatic carbocycles. The van der Waals surface area contributed by atoms with Crippen LogP contribution in [0.3, 0.4) is 0 Å². The molecule has 4 aromatic carbocycles. The smallest absolute Gasteiger partial charge is 0.261 e. The number of rotatable bonds is 7. The molecule has 2 heterocycles. The molecule has 212 valence electrons. The number of fused-ring (bicyclic) bond motifs is 1. The predicted octanol–water partition coefficient (Wildman–Crippen LogP) is 6.53. The van der Waals surface area contributed by atoms with Gasteiger partial charge in [-0.25, -0.2) is 0 Å². The van der Waals surface area contributed by atoms with E-state index in [-0.39, 0.29) is 17.9 Å². The van der Waals surface area contributed by atoms with E-state index < -0.39 is 24.4 Å². The van der Waals surface area contributed by atoms with Gasteiger partial charge >= 0.3 is 0 Å². The first-order chi connectivity index (χ1) is 20.4. The maximum atomic E-state index is 14.3. The van der Waals surface area contributed by atoms with Crippen LogP contribution in [0.15, 0.2) is 91.0 Å². The molecule has 0 aromatic heterocycles. The van der Waals surface area contributed by atoms with Crippen molar-refractivity contribution in [3.8, 4) is 0 Å². The first-order valence-electron chi connectivity index (χ1n) is 14.6. The van der Waals surface area contributed by atoms with Crippen LogP contribution in [0.1, 0.15) is 71.9 Å². The van der Waals surface area contributed by atoms with Gasteiger partial charge in [0.05, 0.1) is 6.04 Å².